The standard InChI is InChI=1S/C19H34N4O/c1-7-20-19(22-12-13-23(5)15(2)3)21-11-10-17-9-8-16(4)18(14-17)24-6/h8-9,14-15H,7,10-13H2,1-6H3,(H2,20,21,22). The number of nitrogens with zero attached hydrogens (tertiary/aromatic N) is 2. The normalized spacial score (nSPS) is 11.9. The van der Waals surface area contributed by atoms with E-state index >= 15 is 0 Å². The smallest absolute Gasteiger partial charge is 0.191 e. The van der Waals surface area contributed by atoms with Gasteiger partial charge in [-0.3, -0.25) is 4.99 Å². The second-order valence-corrected chi connectivity index (χ2v) is 6.32. The predicted octanol–water partition coefficient (Wildman–Crippen LogP) is 2.44. The largest absolute Gasteiger partial charge is 0.496 e. The van der Waals surface area contributed by atoms with E-state index in [-0.39, 0.29) is 0 Å². The van der Waals surface area contributed by atoms with Crippen molar-refractivity contribution in [3.8, 4) is 5.75 Å². The monoisotopic (exact) mass is 334 g/mol. The lowest BCUT2D eigenvalue weighted by atomic mass is 10.1. The predicted molar refractivity (Wildman–Crippen MR) is 103 cm³/mol. The van der Waals surface area contributed by atoms with Crippen LogP contribution in [0.3, 0.4) is 0 Å². The highest BCUT2D eigenvalue weighted by Gasteiger charge is 2.03. The lowest BCUT2D eigenvalue weighted by molar-refractivity contribution is 0.282. The van der Waals surface area contributed by atoms with E-state index < -0.39 is 0 Å². The Morgan fingerprint density at radius 2 is 2.04 bits per heavy atom. The minimum atomic E-state index is 0.548. The van der Waals surface area contributed by atoms with E-state index in [0.29, 0.717) is 6.04 Å². The molecule has 5 heteroatoms. The Morgan fingerprint density at radius 1 is 1.29 bits per heavy atom. The van der Waals surface area contributed by atoms with Crippen LogP contribution in [0.5, 0.6) is 5.75 Å². The van der Waals surface area contributed by atoms with Crippen LogP contribution in [0.2, 0.25) is 0 Å². The summed E-state index contributed by atoms with van der Waals surface area (Å²) >= 11 is 0. The van der Waals surface area contributed by atoms with E-state index in [1.807, 2.05) is 0 Å². The number of ether oxygens (including phenoxy) is 1. The quantitative estimate of drug-likeness (QED) is 0.538. The van der Waals surface area contributed by atoms with Gasteiger partial charge in [0.25, 0.3) is 0 Å². The Bertz CT molecular complexity index is 514. The van der Waals surface area contributed by atoms with Crippen molar-refractivity contribution in [3.63, 3.8) is 0 Å². The summed E-state index contributed by atoms with van der Waals surface area (Å²) in [6.45, 7) is 12.0. The molecular weight excluding hydrogens is 300 g/mol. The summed E-state index contributed by atoms with van der Waals surface area (Å²) in [6.07, 6.45) is 0.937. The molecule has 1 aromatic carbocycles. The van der Waals surface area contributed by atoms with Gasteiger partial charge in [-0.1, -0.05) is 12.1 Å². The Hall–Kier alpha value is -1.75. The molecule has 0 heterocycles. The number of methoxy groups -OCH3 is 1. The number of aliphatic imine (C=N–C) groups is 1. The summed E-state index contributed by atoms with van der Waals surface area (Å²) in [5, 5.41) is 6.70. The van der Waals surface area contributed by atoms with E-state index in [1.165, 1.54) is 11.1 Å². The first-order valence-corrected chi connectivity index (χ1v) is 8.83. The van der Waals surface area contributed by atoms with Gasteiger partial charge in [-0.2, -0.15) is 0 Å². The molecule has 0 saturated heterocycles. The van der Waals surface area contributed by atoms with Gasteiger partial charge in [0.15, 0.2) is 5.96 Å². The molecule has 1 aromatic rings. The van der Waals surface area contributed by atoms with E-state index in [1.54, 1.807) is 7.11 Å². The minimum Gasteiger partial charge on any atom is -0.496 e. The summed E-state index contributed by atoms with van der Waals surface area (Å²) < 4.78 is 5.39. The van der Waals surface area contributed by atoms with E-state index in [2.05, 4.69) is 73.5 Å². The SMILES string of the molecule is CCNC(=NCCN(C)C(C)C)NCCc1ccc(C)c(OC)c1. The van der Waals surface area contributed by atoms with Crippen molar-refractivity contribution in [1.29, 1.82) is 0 Å². The van der Waals surface area contributed by atoms with Gasteiger partial charge in [0, 0.05) is 25.7 Å². The van der Waals surface area contributed by atoms with Crippen LogP contribution in [-0.2, 0) is 6.42 Å². The summed E-state index contributed by atoms with van der Waals surface area (Å²) in [7, 11) is 3.85. The van der Waals surface area contributed by atoms with Crippen molar-refractivity contribution in [3.05, 3.63) is 29.3 Å². The van der Waals surface area contributed by atoms with Crippen LogP contribution in [0, 0.1) is 6.92 Å². The fraction of sp³-hybridized carbons (Fsp3) is 0.632. The van der Waals surface area contributed by atoms with Crippen LogP contribution in [0.1, 0.15) is 31.9 Å². The number of guanidine groups is 1. The number of nitrogens with one attached hydrogen (secondary N) is 2. The molecule has 0 saturated carbocycles. The van der Waals surface area contributed by atoms with Crippen LogP contribution < -0.4 is 15.4 Å². The third-order valence-corrected chi connectivity index (χ3v) is 4.13. The van der Waals surface area contributed by atoms with Crippen molar-refractivity contribution in [2.45, 2.75) is 40.2 Å². The number of hydrogen-bond donors (Lipinski definition) is 2. The van der Waals surface area contributed by atoms with Crippen LogP contribution in [0.4, 0.5) is 0 Å². The van der Waals surface area contributed by atoms with E-state index in [0.717, 1.165) is 44.3 Å². The lowest BCUT2D eigenvalue weighted by Crippen LogP contribution is -2.39. The number of aryl methyl sites for hydroxylation is 1. The summed E-state index contributed by atoms with van der Waals surface area (Å²) in [6, 6.07) is 6.92. The molecule has 0 atom stereocenters. The highest BCUT2D eigenvalue weighted by atomic mass is 16.5. The van der Waals surface area contributed by atoms with Crippen LogP contribution in [0.25, 0.3) is 0 Å². The Morgan fingerprint density at radius 3 is 2.67 bits per heavy atom. The molecule has 0 aliphatic carbocycles. The molecule has 0 unspecified atom stereocenters. The average molecular weight is 335 g/mol. The van der Waals surface area contributed by atoms with Crippen molar-refractivity contribution in [2.75, 3.05) is 40.3 Å². The number of rotatable bonds is 9. The van der Waals surface area contributed by atoms with Gasteiger partial charge >= 0.3 is 0 Å². The van der Waals surface area contributed by atoms with Crippen molar-refractivity contribution in [2.24, 2.45) is 4.99 Å². The first kappa shape index (κ1) is 20.3. The topological polar surface area (TPSA) is 48.9 Å². The molecule has 1 rings (SSSR count). The fourth-order valence-electron chi connectivity index (χ4n) is 2.26. The summed E-state index contributed by atoms with van der Waals surface area (Å²) in [5.41, 5.74) is 2.43. The van der Waals surface area contributed by atoms with E-state index in [9.17, 15) is 0 Å². The molecule has 0 aromatic heterocycles. The maximum Gasteiger partial charge on any atom is 0.191 e. The Labute approximate surface area is 147 Å². The zero-order valence-corrected chi connectivity index (χ0v) is 16.1. The number of hydrogen-bond acceptors (Lipinski definition) is 3. The molecule has 136 valence electrons. The van der Waals surface area contributed by atoms with Crippen molar-refractivity contribution in [1.82, 2.24) is 15.5 Å². The van der Waals surface area contributed by atoms with Gasteiger partial charge in [-0.25, -0.2) is 0 Å². The van der Waals surface area contributed by atoms with Gasteiger partial charge in [-0.15, -0.1) is 0 Å². The number of likely N-dealkylation sites (N-methyl/N-ethyl adjacent to an activating group) is 1. The Balaban J connectivity index is 2.48. The van der Waals surface area contributed by atoms with E-state index in [4.69, 9.17) is 4.74 Å². The molecule has 0 fully saturated rings. The Kier molecular flexibility index (Phi) is 9.23. The molecule has 0 bridgehead atoms. The maximum absolute atomic E-state index is 5.39. The van der Waals surface area contributed by atoms with Gasteiger partial charge in [-0.05, 0) is 58.4 Å². The molecule has 0 aliphatic rings. The molecule has 0 amide bonds. The summed E-state index contributed by atoms with van der Waals surface area (Å²) in [5.74, 6) is 1.83. The lowest BCUT2D eigenvalue weighted by Gasteiger charge is -2.20. The second kappa shape index (κ2) is 10.9. The summed E-state index contributed by atoms with van der Waals surface area (Å²) in [4.78, 5) is 6.94. The highest BCUT2D eigenvalue weighted by Crippen LogP contribution is 2.18. The molecular formula is C19H34N4O. The van der Waals surface area contributed by atoms with Gasteiger partial charge in [0.1, 0.15) is 5.75 Å². The second-order valence-electron chi connectivity index (χ2n) is 6.32. The highest BCUT2D eigenvalue weighted by molar-refractivity contribution is 5.79. The number of benzene rings is 1. The average Bonchev–Trinajstić information content (AvgIpc) is 2.56. The fourth-order valence-corrected chi connectivity index (χ4v) is 2.26. The van der Waals surface area contributed by atoms with Crippen molar-refractivity contribution < 1.29 is 4.74 Å². The van der Waals surface area contributed by atoms with Gasteiger partial charge in [0.2, 0.25) is 0 Å². The van der Waals surface area contributed by atoms with Crippen LogP contribution in [-0.4, -0.2) is 57.2 Å². The first-order chi connectivity index (χ1) is 11.5. The van der Waals surface area contributed by atoms with Crippen LogP contribution >= 0.6 is 0 Å². The first-order valence-electron chi connectivity index (χ1n) is 8.83. The zero-order chi connectivity index (χ0) is 17.9. The third-order valence-electron chi connectivity index (χ3n) is 4.13. The van der Waals surface area contributed by atoms with Crippen molar-refractivity contribution >= 4 is 5.96 Å². The molecule has 0 aliphatic heterocycles. The van der Waals surface area contributed by atoms with Gasteiger partial charge in [0.05, 0.1) is 13.7 Å². The van der Waals surface area contributed by atoms with Crippen LogP contribution in [0.15, 0.2) is 23.2 Å². The molecule has 0 radical (unpaired) electrons. The zero-order valence-electron chi connectivity index (χ0n) is 16.1. The maximum atomic E-state index is 5.39. The molecule has 0 spiro atoms. The molecule has 5 nitrogen and oxygen atoms in total. The third kappa shape index (κ3) is 7.21. The molecule has 2 N–H and O–H groups in total. The molecule has 24 heavy (non-hydrogen) atoms. The van der Waals surface area contributed by atoms with Gasteiger partial charge < -0.3 is 20.3 Å². The minimum absolute atomic E-state index is 0.548.